The van der Waals surface area contributed by atoms with Gasteiger partial charge in [0, 0.05) is 19.3 Å². The van der Waals surface area contributed by atoms with Crippen LogP contribution in [0.25, 0.3) is 0 Å². The van der Waals surface area contributed by atoms with E-state index in [-0.39, 0.29) is 0 Å². The quantitative estimate of drug-likeness (QED) is 0.0495. The Kier molecular flexibility index (Phi) is 18.8. The van der Waals surface area contributed by atoms with Gasteiger partial charge in [0.25, 0.3) is 0 Å². The van der Waals surface area contributed by atoms with Gasteiger partial charge < -0.3 is 5.40 Å². The molecule has 0 unspecified atom stereocenters. The second-order valence-corrected chi connectivity index (χ2v) is 19.7. The molecule has 0 atom stereocenters. The normalized spacial score (nSPS) is 16.6. The zero-order valence-corrected chi connectivity index (χ0v) is 34.3. The molecule has 428 valence electrons. The van der Waals surface area contributed by atoms with Crippen LogP contribution in [0.1, 0.15) is 57.8 Å². The van der Waals surface area contributed by atoms with Gasteiger partial charge >= 0.3 is 107 Å². The summed E-state index contributed by atoms with van der Waals surface area (Å²) in [5.41, 5.74) is 0. The van der Waals surface area contributed by atoms with Crippen molar-refractivity contribution in [1.29, 1.82) is 0 Å². The molecule has 0 fully saturated rings. The fourth-order valence-corrected chi connectivity index (χ4v) is 9.34. The van der Waals surface area contributed by atoms with Gasteiger partial charge in [-0.1, -0.05) is 19.3 Å². The molecule has 1 nitrogen and oxygen atoms in total. The number of unbranched alkanes of at least 4 members (excludes halogenated alkanes) is 3. The third-order valence-corrected chi connectivity index (χ3v) is 14.3. The number of alkyl halides is 39. The van der Waals surface area contributed by atoms with E-state index in [2.05, 4.69) is 0 Å². The Morgan fingerprint density at radius 3 is 0.479 bits per heavy atom. The fraction of sp³-hybridized carbons (Fsp3) is 1.00. The lowest BCUT2D eigenvalue weighted by atomic mass is 9.92. The lowest BCUT2D eigenvalue weighted by Crippen LogP contribution is -2.70. The Morgan fingerprint density at radius 1 is 0.197 bits per heavy atom. The van der Waals surface area contributed by atoms with Crippen LogP contribution in [-0.4, -0.2) is 116 Å². The molecule has 71 heavy (non-hydrogen) atoms. The number of hydrogen-bond donors (Lipinski definition) is 1. The van der Waals surface area contributed by atoms with Crippen molar-refractivity contribution < 1.29 is 171 Å². The Bertz CT molecular complexity index is 1550. The van der Waals surface area contributed by atoms with Crippen LogP contribution in [0.15, 0.2) is 0 Å². The Labute approximate surface area is 369 Å². The average Bonchev–Trinajstić information content (AvgIpc) is 3.14. The number of halogens is 39. The highest BCUT2D eigenvalue weighted by atomic mass is 28.3. The van der Waals surface area contributed by atoms with Crippen LogP contribution < -0.4 is 5.40 Å². The largest absolute Gasteiger partial charge is 0.460 e. The molecule has 0 heterocycles. The van der Waals surface area contributed by atoms with E-state index in [0.717, 1.165) is 0 Å². The van der Waals surface area contributed by atoms with Gasteiger partial charge in [-0.3, -0.25) is 0 Å². The van der Waals surface area contributed by atoms with E-state index in [4.69, 9.17) is 5.40 Å². The van der Waals surface area contributed by atoms with Crippen molar-refractivity contribution in [3.05, 3.63) is 0 Å². The molecule has 0 aliphatic heterocycles. The summed E-state index contributed by atoms with van der Waals surface area (Å²) >= 11 is 0. The smallest absolute Gasteiger partial charge is 0.351 e. The van der Waals surface area contributed by atoms with Gasteiger partial charge in [-0.15, -0.1) is 0 Å². The molecule has 0 rings (SSSR count). The van der Waals surface area contributed by atoms with Crippen molar-refractivity contribution in [2.45, 2.75) is 183 Å². The van der Waals surface area contributed by atoms with Crippen LogP contribution in [0.3, 0.4) is 0 Å². The molecule has 0 saturated carbocycles. The summed E-state index contributed by atoms with van der Waals surface area (Å²) in [6, 6.07) is -4.21. The molecule has 41 heteroatoms. The monoisotopic (exact) mass is 1170 g/mol. The van der Waals surface area contributed by atoms with Crippen molar-refractivity contribution in [2.24, 2.45) is 5.40 Å². The molecule has 0 saturated heterocycles. The highest BCUT2D eigenvalue weighted by molar-refractivity contribution is 6.76. The average molecular weight is 1170 g/mol. The van der Waals surface area contributed by atoms with Crippen LogP contribution in [0, 0.1) is 0 Å². The highest BCUT2D eigenvalue weighted by Gasteiger charge is 2.93. The fourth-order valence-electron chi connectivity index (χ4n) is 5.72. The first-order valence-corrected chi connectivity index (χ1v) is 20.7. The van der Waals surface area contributed by atoms with Gasteiger partial charge in [-0.2, -0.15) is 171 Å². The number of nitrogens with two attached hydrogens (primary N) is 1. The maximum absolute atomic E-state index is 14.2. The van der Waals surface area contributed by atoms with E-state index >= 15 is 0 Å². The molecule has 0 aliphatic rings. The lowest BCUT2D eigenvalue weighted by molar-refractivity contribution is -0.440. The summed E-state index contributed by atoms with van der Waals surface area (Å²) in [4.78, 5) is 0. The molecule has 0 aliphatic carbocycles. The number of hydrogen-bond acceptors (Lipinski definition) is 1. The third-order valence-electron chi connectivity index (χ3n) is 10.2. The lowest BCUT2D eigenvalue weighted by Gasteiger charge is -2.40. The topological polar surface area (TPSA) is 26.0 Å². The predicted molar refractivity (Wildman–Crippen MR) is 158 cm³/mol. The van der Waals surface area contributed by atoms with Gasteiger partial charge in [0.1, 0.15) is 8.24 Å². The molecule has 0 aromatic rings. The maximum Gasteiger partial charge on any atom is 0.460 e. The predicted octanol–water partition coefficient (Wildman–Crippen LogP) is 16.6. The molecule has 2 N–H and O–H groups in total. The van der Waals surface area contributed by atoms with Crippen molar-refractivity contribution in [2.75, 3.05) is 0 Å². The van der Waals surface area contributed by atoms with Gasteiger partial charge in [-0.05, 0) is 37.4 Å². The molecular formula is C30H26F39NSi. The Balaban J connectivity index is 6.76. The number of rotatable bonds is 27. The van der Waals surface area contributed by atoms with Crippen molar-refractivity contribution in [3.8, 4) is 0 Å². The Hall–Kier alpha value is -2.55. The first-order valence-electron chi connectivity index (χ1n) is 18.0. The standard InChI is InChI=1S/C30H26F39NSi/c31-13(32,16(37,38)19(43,44)22(49,50)25(55,56)28(61,62)63)7-1-4-10-71(70,11-5-2-8-14(33,34)17(39,40)20(45,46)23(51,52)26(57,58)29(64,65)66)12-6-3-9-15(35,36)18(41,42)21(47,48)24(53,54)27(59,60)30(67,68)69/h1-12,70H2. The molecule has 0 spiro atoms. The summed E-state index contributed by atoms with van der Waals surface area (Å²) in [5, 5.41) is 5.75. The molecular weight excluding hydrogens is 1140 g/mol. The first kappa shape index (κ1) is 68.4. The summed E-state index contributed by atoms with van der Waals surface area (Å²) in [7, 11) is -4.79. The highest BCUT2D eigenvalue weighted by Crippen LogP contribution is 2.64. The summed E-state index contributed by atoms with van der Waals surface area (Å²) < 4.78 is 523. The minimum absolute atomic E-state index is 1.40. The minimum atomic E-state index is -8.41. The Morgan fingerprint density at radius 2 is 0.338 bits per heavy atom. The molecule has 0 radical (unpaired) electrons. The summed E-state index contributed by atoms with van der Waals surface area (Å²) in [5.74, 6) is -119. The molecule has 0 bridgehead atoms. The molecule has 0 aromatic carbocycles. The maximum atomic E-state index is 14.2. The van der Waals surface area contributed by atoms with Gasteiger partial charge in [-0.25, -0.2) is 0 Å². The van der Waals surface area contributed by atoms with E-state index < -0.39 is 192 Å². The first-order chi connectivity index (χ1) is 30.4. The van der Waals surface area contributed by atoms with Crippen LogP contribution in [0.4, 0.5) is 171 Å². The molecule has 0 amide bonds. The van der Waals surface area contributed by atoms with Crippen molar-refractivity contribution in [3.63, 3.8) is 0 Å². The van der Waals surface area contributed by atoms with Gasteiger partial charge in [0.05, 0.1) is 0 Å². The van der Waals surface area contributed by atoms with Gasteiger partial charge in [0.2, 0.25) is 0 Å². The van der Waals surface area contributed by atoms with Crippen molar-refractivity contribution in [1.82, 2.24) is 0 Å². The third kappa shape index (κ3) is 11.4. The van der Waals surface area contributed by atoms with E-state index in [1.165, 1.54) is 0 Å². The van der Waals surface area contributed by atoms with Crippen LogP contribution in [0.5, 0.6) is 0 Å². The van der Waals surface area contributed by atoms with Crippen LogP contribution in [0.2, 0.25) is 18.1 Å². The van der Waals surface area contributed by atoms with E-state index in [0.29, 0.717) is 0 Å². The van der Waals surface area contributed by atoms with Crippen LogP contribution in [-0.2, 0) is 0 Å². The SMILES string of the molecule is N[Si](CCCCC(F)(F)C(F)(F)C(F)(F)C(F)(F)C(F)(F)C(F)(F)F)(CCCCC(F)(F)C(F)(F)C(F)(F)C(F)(F)C(F)(F)C(F)(F)F)CCCCC(F)(F)C(F)(F)C(F)(F)C(F)(F)C(F)(F)C(F)(F)F. The molecule has 0 aromatic heterocycles. The minimum Gasteiger partial charge on any atom is -0.351 e. The second kappa shape index (κ2) is 19.5. The summed E-state index contributed by atoms with van der Waals surface area (Å²) in [6.45, 7) is 0. The van der Waals surface area contributed by atoms with Crippen molar-refractivity contribution >= 4 is 8.24 Å². The zero-order valence-electron chi connectivity index (χ0n) is 33.3. The second-order valence-electron chi connectivity index (χ2n) is 15.5. The van der Waals surface area contributed by atoms with E-state index in [1.54, 1.807) is 0 Å². The zero-order chi connectivity index (χ0) is 58.0. The summed E-state index contributed by atoms with van der Waals surface area (Å²) in [6.07, 6.45) is -43.2. The van der Waals surface area contributed by atoms with E-state index in [1.807, 2.05) is 0 Å². The van der Waals surface area contributed by atoms with Crippen LogP contribution >= 0.6 is 0 Å². The van der Waals surface area contributed by atoms with E-state index in [9.17, 15) is 171 Å². The van der Waals surface area contributed by atoms with Gasteiger partial charge in [0.15, 0.2) is 0 Å².